The van der Waals surface area contributed by atoms with Gasteiger partial charge in [-0.15, -0.1) is 0 Å². The van der Waals surface area contributed by atoms with Crippen molar-refractivity contribution in [3.8, 4) is 0 Å². The Kier molecular flexibility index (Phi) is 4.25. The van der Waals surface area contributed by atoms with E-state index in [1.807, 2.05) is 6.92 Å². The van der Waals surface area contributed by atoms with Gasteiger partial charge in [0.05, 0.1) is 6.10 Å². The van der Waals surface area contributed by atoms with Crippen LogP contribution in [-0.2, 0) is 19.1 Å². The summed E-state index contributed by atoms with van der Waals surface area (Å²) in [5.41, 5.74) is 0.235. The SMILES string of the molecule is CC(=O)O[C@H]1CC[C@]2(C)[C@@H]3CC[C@]4(C)[C@H](C[C@@H]5CCCC[C@]54C(C)=O)[C@H]3C[C@@H]3O[C@@]32C1. The predicted molar refractivity (Wildman–Crippen MR) is 117 cm³/mol. The van der Waals surface area contributed by atoms with Gasteiger partial charge in [-0.1, -0.05) is 26.7 Å². The van der Waals surface area contributed by atoms with Crippen LogP contribution in [0.2, 0.25) is 0 Å². The fourth-order valence-electron chi connectivity index (χ4n) is 10.8. The van der Waals surface area contributed by atoms with Gasteiger partial charge in [-0.25, -0.2) is 0 Å². The van der Waals surface area contributed by atoms with Gasteiger partial charge in [0, 0.05) is 24.2 Å². The van der Waals surface area contributed by atoms with Crippen molar-refractivity contribution >= 4 is 11.8 Å². The summed E-state index contributed by atoms with van der Waals surface area (Å²) in [6.45, 7) is 8.45. The normalized spacial score (nSPS) is 56.9. The van der Waals surface area contributed by atoms with Crippen molar-refractivity contribution in [1.29, 1.82) is 0 Å². The second-order valence-corrected chi connectivity index (χ2v) is 12.7. The van der Waals surface area contributed by atoms with Crippen molar-refractivity contribution < 1.29 is 19.1 Å². The topological polar surface area (TPSA) is 55.9 Å². The summed E-state index contributed by atoms with van der Waals surface area (Å²) in [6.07, 6.45) is 13.1. The molecule has 1 heterocycles. The van der Waals surface area contributed by atoms with E-state index in [1.54, 1.807) is 0 Å². The van der Waals surface area contributed by atoms with Gasteiger partial charge in [0.15, 0.2) is 0 Å². The summed E-state index contributed by atoms with van der Waals surface area (Å²) in [5.74, 6) is 2.98. The largest absolute Gasteiger partial charge is 0.462 e. The molecule has 1 spiro atoms. The van der Waals surface area contributed by atoms with E-state index >= 15 is 0 Å². The minimum absolute atomic E-state index is 0.0244. The fraction of sp³-hybridized carbons (Fsp3) is 0.926. The molecule has 5 saturated carbocycles. The summed E-state index contributed by atoms with van der Waals surface area (Å²) < 4.78 is 12.2. The Morgan fingerprint density at radius 3 is 2.42 bits per heavy atom. The Morgan fingerprint density at radius 2 is 1.68 bits per heavy atom. The molecule has 6 aliphatic rings. The van der Waals surface area contributed by atoms with Gasteiger partial charge in [-0.05, 0) is 87.4 Å². The van der Waals surface area contributed by atoms with Gasteiger partial charge < -0.3 is 9.47 Å². The minimum Gasteiger partial charge on any atom is -0.462 e. The van der Waals surface area contributed by atoms with Crippen molar-refractivity contribution in [2.45, 2.75) is 116 Å². The van der Waals surface area contributed by atoms with E-state index in [0.29, 0.717) is 35.6 Å². The Bertz CT molecular complexity index is 822. The maximum atomic E-state index is 13.2. The number of carbonyl (C=O) groups excluding carboxylic acids is 2. The van der Waals surface area contributed by atoms with Crippen LogP contribution in [-0.4, -0.2) is 29.6 Å². The number of Topliss-reactive ketones (excluding diaryl/α,β-unsaturated/α-hetero) is 1. The standard InChI is InChI=1S/C27H40O4/c1-16(28)26-10-6-5-7-18(26)13-22-20-14-23-27(31-23)15-19(30-17(2)29)8-11-25(27,4)21(20)9-12-24(22,26)3/h18-23H,5-15H2,1-4H3/t18-,19-,20-,21+,22+,23-,24+,25+,26-,27-/m0/s1. The van der Waals surface area contributed by atoms with Crippen LogP contribution in [0.25, 0.3) is 0 Å². The third-order valence-corrected chi connectivity index (χ3v) is 12.0. The number of esters is 1. The molecule has 0 radical (unpaired) electrons. The lowest BCUT2D eigenvalue weighted by Crippen LogP contribution is -2.60. The third kappa shape index (κ3) is 2.36. The summed E-state index contributed by atoms with van der Waals surface area (Å²) >= 11 is 0. The summed E-state index contributed by atoms with van der Waals surface area (Å²) in [6, 6.07) is 0. The molecule has 5 aliphatic carbocycles. The lowest BCUT2D eigenvalue weighted by atomic mass is 9.42. The number of fused-ring (bicyclic) bond motifs is 6. The van der Waals surface area contributed by atoms with E-state index in [0.717, 1.165) is 32.1 Å². The lowest BCUT2D eigenvalue weighted by Gasteiger charge is -2.61. The molecular formula is C27H40O4. The second kappa shape index (κ2) is 6.36. The zero-order valence-corrected chi connectivity index (χ0v) is 19.9. The first kappa shape index (κ1) is 20.7. The molecule has 172 valence electrons. The quantitative estimate of drug-likeness (QED) is 0.432. The molecule has 4 heteroatoms. The minimum atomic E-state index is -0.160. The predicted octanol–water partition coefficient (Wildman–Crippen LogP) is 5.47. The lowest BCUT2D eigenvalue weighted by molar-refractivity contribution is -0.163. The van der Waals surface area contributed by atoms with Crippen LogP contribution < -0.4 is 0 Å². The number of ether oxygens (including phenoxy) is 2. The van der Waals surface area contributed by atoms with Crippen molar-refractivity contribution in [3.05, 3.63) is 0 Å². The Balaban J connectivity index is 1.33. The first-order valence-corrected chi connectivity index (χ1v) is 13.0. The molecule has 31 heavy (non-hydrogen) atoms. The van der Waals surface area contributed by atoms with Crippen molar-refractivity contribution in [1.82, 2.24) is 0 Å². The molecule has 0 bridgehead atoms. The Morgan fingerprint density at radius 1 is 0.903 bits per heavy atom. The van der Waals surface area contributed by atoms with E-state index in [1.165, 1.54) is 45.4 Å². The first-order valence-electron chi connectivity index (χ1n) is 13.0. The molecule has 0 amide bonds. The van der Waals surface area contributed by atoms with E-state index in [9.17, 15) is 9.59 Å². The van der Waals surface area contributed by atoms with Crippen LogP contribution in [0.15, 0.2) is 0 Å². The maximum Gasteiger partial charge on any atom is 0.302 e. The smallest absolute Gasteiger partial charge is 0.302 e. The molecular weight excluding hydrogens is 388 g/mol. The summed E-state index contributed by atoms with van der Waals surface area (Å²) in [4.78, 5) is 24.8. The highest BCUT2D eigenvalue weighted by atomic mass is 16.6. The monoisotopic (exact) mass is 428 g/mol. The molecule has 0 N–H and O–H groups in total. The molecule has 4 nitrogen and oxygen atoms in total. The summed E-state index contributed by atoms with van der Waals surface area (Å²) in [7, 11) is 0. The fourth-order valence-corrected chi connectivity index (χ4v) is 10.8. The molecule has 1 aliphatic heterocycles. The van der Waals surface area contributed by atoms with Crippen molar-refractivity contribution in [3.63, 3.8) is 0 Å². The maximum absolute atomic E-state index is 13.2. The molecule has 10 atom stereocenters. The van der Waals surface area contributed by atoms with Crippen LogP contribution in [0.5, 0.6) is 0 Å². The van der Waals surface area contributed by atoms with E-state index in [2.05, 4.69) is 13.8 Å². The van der Waals surface area contributed by atoms with E-state index < -0.39 is 0 Å². The van der Waals surface area contributed by atoms with Gasteiger partial charge in [-0.3, -0.25) is 9.59 Å². The number of carbonyl (C=O) groups is 2. The third-order valence-electron chi connectivity index (χ3n) is 12.0. The summed E-state index contributed by atoms with van der Waals surface area (Å²) in [5, 5.41) is 0. The molecule has 0 unspecified atom stereocenters. The van der Waals surface area contributed by atoms with Gasteiger partial charge >= 0.3 is 5.97 Å². The van der Waals surface area contributed by atoms with Crippen molar-refractivity contribution in [2.75, 3.05) is 0 Å². The number of hydrogen-bond acceptors (Lipinski definition) is 4. The number of hydrogen-bond donors (Lipinski definition) is 0. The van der Waals surface area contributed by atoms with Crippen LogP contribution in [0.4, 0.5) is 0 Å². The van der Waals surface area contributed by atoms with Gasteiger partial charge in [0.25, 0.3) is 0 Å². The van der Waals surface area contributed by atoms with Gasteiger partial charge in [0.2, 0.25) is 0 Å². The zero-order valence-electron chi connectivity index (χ0n) is 19.9. The van der Waals surface area contributed by atoms with E-state index in [4.69, 9.17) is 9.47 Å². The molecule has 6 fully saturated rings. The zero-order chi connectivity index (χ0) is 21.8. The van der Waals surface area contributed by atoms with Gasteiger partial charge in [-0.2, -0.15) is 0 Å². The Hall–Kier alpha value is -0.900. The average Bonchev–Trinajstić information content (AvgIpc) is 3.33. The molecule has 0 aromatic heterocycles. The number of ketones is 1. The molecule has 0 aromatic carbocycles. The average molecular weight is 429 g/mol. The van der Waals surface area contributed by atoms with Crippen LogP contribution in [0, 0.1) is 39.9 Å². The second-order valence-electron chi connectivity index (χ2n) is 12.7. The Labute approximate surface area is 187 Å². The van der Waals surface area contributed by atoms with Crippen LogP contribution in [0.1, 0.15) is 98.3 Å². The van der Waals surface area contributed by atoms with E-state index in [-0.39, 0.29) is 33.9 Å². The van der Waals surface area contributed by atoms with Crippen molar-refractivity contribution in [2.24, 2.45) is 39.9 Å². The number of epoxide rings is 1. The van der Waals surface area contributed by atoms with Crippen LogP contribution in [0.3, 0.4) is 0 Å². The highest BCUT2D eigenvalue weighted by Crippen LogP contribution is 2.77. The molecule has 6 rings (SSSR count). The highest BCUT2D eigenvalue weighted by Gasteiger charge is 2.78. The molecule has 0 aromatic rings. The molecule has 1 saturated heterocycles. The highest BCUT2D eigenvalue weighted by molar-refractivity contribution is 5.84. The van der Waals surface area contributed by atoms with Crippen LogP contribution >= 0.6 is 0 Å². The number of rotatable bonds is 2. The first-order chi connectivity index (χ1) is 14.7. The van der Waals surface area contributed by atoms with Gasteiger partial charge in [0.1, 0.15) is 17.5 Å².